The molecule has 1 aromatic carbocycles. The number of nitrogens with zero attached hydrogens (tertiary/aromatic N) is 1. The molecule has 0 radical (unpaired) electrons. The molecule has 2 aromatic rings. The smallest absolute Gasteiger partial charge is 0.257 e. The lowest BCUT2D eigenvalue weighted by Crippen LogP contribution is -2.13. The summed E-state index contributed by atoms with van der Waals surface area (Å²) in [7, 11) is 0. The number of rotatable bonds is 4. The molecule has 1 aromatic heterocycles. The second-order valence-corrected chi connectivity index (χ2v) is 5.84. The lowest BCUT2D eigenvalue weighted by Gasteiger charge is -2.09. The minimum absolute atomic E-state index is 0.290. The summed E-state index contributed by atoms with van der Waals surface area (Å²) >= 11 is 15.3. The number of anilines is 2. The number of nitrogens with one attached hydrogen (secondary N) is 2. The Hall–Kier alpha value is -1.30. The van der Waals surface area contributed by atoms with Crippen molar-refractivity contribution in [3.63, 3.8) is 0 Å². The van der Waals surface area contributed by atoms with Crippen molar-refractivity contribution in [2.75, 3.05) is 17.2 Å². The van der Waals surface area contributed by atoms with Crippen molar-refractivity contribution in [2.24, 2.45) is 0 Å². The van der Waals surface area contributed by atoms with Crippen LogP contribution in [0.15, 0.2) is 34.9 Å². The van der Waals surface area contributed by atoms with Crippen molar-refractivity contribution < 1.29 is 4.79 Å². The van der Waals surface area contributed by atoms with Gasteiger partial charge in [0.1, 0.15) is 5.82 Å². The molecule has 0 atom stereocenters. The zero-order valence-electron chi connectivity index (χ0n) is 11.1. The van der Waals surface area contributed by atoms with Crippen molar-refractivity contribution in [1.29, 1.82) is 0 Å². The van der Waals surface area contributed by atoms with E-state index in [0.29, 0.717) is 38.1 Å². The number of carbonyl (C=O) groups excluding carboxylic acids is 1. The van der Waals surface area contributed by atoms with Gasteiger partial charge in [-0.15, -0.1) is 0 Å². The summed E-state index contributed by atoms with van der Waals surface area (Å²) in [6, 6.07) is 6.71. The van der Waals surface area contributed by atoms with Gasteiger partial charge in [0.15, 0.2) is 0 Å². The Balaban J connectivity index is 2.16. The first kappa shape index (κ1) is 16.1. The van der Waals surface area contributed by atoms with Crippen molar-refractivity contribution in [1.82, 2.24) is 4.98 Å². The standard InChI is InChI=1S/C14H12BrCl2N3O/c1-2-18-13-12(17)5-8(7-19-13)14(21)20-9-3-4-11(16)10(15)6-9/h3-7H,2H2,1H3,(H,18,19)(H,20,21). The first-order valence-corrected chi connectivity index (χ1v) is 7.72. The SMILES string of the molecule is CCNc1ncc(C(=O)Nc2ccc(Cl)c(Br)c2)cc1Cl. The largest absolute Gasteiger partial charge is 0.369 e. The van der Waals surface area contributed by atoms with E-state index >= 15 is 0 Å². The zero-order valence-corrected chi connectivity index (χ0v) is 14.2. The molecule has 0 saturated carbocycles. The van der Waals surface area contributed by atoms with Crippen molar-refractivity contribution >= 4 is 56.5 Å². The van der Waals surface area contributed by atoms with Crippen molar-refractivity contribution in [3.05, 3.63) is 50.5 Å². The van der Waals surface area contributed by atoms with Crippen molar-refractivity contribution in [3.8, 4) is 0 Å². The van der Waals surface area contributed by atoms with Crippen LogP contribution < -0.4 is 10.6 Å². The van der Waals surface area contributed by atoms with Crippen LogP contribution in [0.2, 0.25) is 10.0 Å². The fourth-order valence-corrected chi connectivity index (χ4v) is 2.37. The quantitative estimate of drug-likeness (QED) is 0.788. The molecule has 0 saturated heterocycles. The Kier molecular flexibility index (Phi) is 5.45. The molecule has 0 aliphatic carbocycles. The third kappa shape index (κ3) is 4.09. The van der Waals surface area contributed by atoms with Crippen molar-refractivity contribution in [2.45, 2.75) is 6.92 Å². The second-order valence-electron chi connectivity index (χ2n) is 4.17. The van der Waals surface area contributed by atoms with E-state index in [9.17, 15) is 4.79 Å². The molecule has 2 N–H and O–H groups in total. The molecule has 0 aliphatic heterocycles. The zero-order chi connectivity index (χ0) is 15.4. The summed E-state index contributed by atoms with van der Waals surface area (Å²) in [5.74, 6) is 0.270. The van der Waals surface area contributed by atoms with Gasteiger partial charge in [0, 0.05) is 22.9 Å². The van der Waals surface area contributed by atoms with Gasteiger partial charge < -0.3 is 10.6 Å². The normalized spacial score (nSPS) is 10.3. The van der Waals surface area contributed by atoms with Crippen LogP contribution in [0.1, 0.15) is 17.3 Å². The summed E-state index contributed by atoms with van der Waals surface area (Å²) in [6.07, 6.45) is 1.48. The van der Waals surface area contributed by atoms with Gasteiger partial charge in [-0.05, 0) is 47.1 Å². The van der Waals surface area contributed by atoms with Gasteiger partial charge in [-0.3, -0.25) is 4.79 Å². The number of benzene rings is 1. The van der Waals surface area contributed by atoms with Crippen LogP contribution in [-0.2, 0) is 0 Å². The molecular formula is C14H12BrCl2N3O. The predicted octanol–water partition coefficient (Wildman–Crippen LogP) is 4.84. The highest BCUT2D eigenvalue weighted by Gasteiger charge is 2.10. The first-order valence-electron chi connectivity index (χ1n) is 6.17. The molecule has 4 nitrogen and oxygen atoms in total. The van der Waals surface area contributed by atoms with E-state index < -0.39 is 0 Å². The van der Waals surface area contributed by atoms with Gasteiger partial charge in [0.2, 0.25) is 0 Å². The van der Waals surface area contributed by atoms with E-state index in [0.717, 1.165) is 0 Å². The number of amides is 1. The van der Waals surface area contributed by atoms with E-state index in [2.05, 4.69) is 31.5 Å². The van der Waals surface area contributed by atoms with Crippen LogP contribution in [-0.4, -0.2) is 17.4 Å². The van der Waals surface area contributed by atoms with Gasteiger partial charge in [-0.1, -0.05) is 23.2 Å². The molecular weight excluding hydrogens is 377 g/mol. The molecule has 2 rings (SSSR count). The molecule has 0 bridgehead atoms. The summed E-state index contributed by atoms with van der Waals surface area (Å²) in [6.45, 7) is 2.65. The Morgan fingerprint density at radius 2 is 2.05 bits per heavy atom. The second kappa shape index (κ2) is 7.11. The Labute approximate surface area is 141 Å². The summed E-state index contributed by atoms with van der Waals surface area (Å²) in [4.78, 5) is 16.3. The van der Waals surface area contributed by atoms with E-state index in [1.807, 2.05) is 6.92 Å². The number of carbonyl (C=O) groups is 1. The number of aromatic nitrogens is 1. The molecule has 7 heteroatoms. The number of halogens is 3. The number of hydrogen-bond donors (Lipinski definition) is 2. The highest BCUT2D eigenvalue weighted by molar-refractivity contribution is 9.10. The molecule has 110 valence electrons. The van der Waals surface area contributed by atoms with Crippen LogP contribution in [0, 0.1) is 0 Å². The van der Waals surface area contributed by atoms with Crippen LogP contribution in [0.25, 0.3) is 0 Å². The minimum Gasteiger partial charge on any atom is -0.369 e. The Morgan fingerprint density at radius 3 is 2.67 bits per heavy atom. The van der Waals surface area contributed by atoms with E-state index in [-0.39, 0.29) is 5.91 Å². The lowest BCUT2D eigenvalue weighted by molar-refractivity contribution is 0.102. The minimum atomic E-state index is -0.290. The predicted molar refractivity (Wildman–Crippen MR) is 90.5 cm³/mol. The molecule has 0 unspecified atom stereocenters. The molecule has 0 aliphatic rings. The van der Waals surface area contributed by atoms with E-state index in [1.165, 1.54) is 6.20 Å². The third-order valence-corrected chi connectivity index (χ3v) is 4.13. The fourth-order valence-electron chi connectivity index (χ4n) is 1.64. The van der Waals surface area contributed by atoms with Crippen LogP contribution in [0.4, 0.5) is 11.5 Å². The molecule has 21 heavy (non-hydrogen) atoms. The fraction of sp³-hybridized carbons (Fsp3) is 0.143. The van der Waals surface area contributed by atoms with Gasteiger partial charge in [-0.2, -0.15) is 0 Å². The van der Waals surface area contributed by atoms with E-state index in [1.54, 1.807) is 24.3 Å². The topological polar surface area (TPSA) is 54.0 Å². The van der Waals surface area contributed by atoms with Gasteiger partial charge in [0.25, 0.3) is 5.91 Å². The number of pyridine rings is 1. The molecule has 1 amide bonds. The lowest BCUT2D eigenvalue weighted by atomic mass is 10.2. The van der Waals surface area contributed by atoms with Crippen LogP contribution in [0.3, 0.4) is 0 Å². The Bertz CT molecular complexity index is 679. The van der Waals surface area contributed by atoms with Gasteiger partial charge in [-0.25, -0.2) is 4.98 Å². The summed E-state index contributed by atoms with van der Waals surface area (Å²) in [5, 5.41) is 6.75. The third-order valence-electron chi connectivity index (χ3n) is 2.63. The maximum absolute atomic E-state index is 12.2. The highest BCUT2D eigenvalue weighted by Crippen LogP contribution is 2.26. The summed E-state index contributed by atoms with van der Waals surface area (Å²) in [5.41, 5.74) is 1.01. The molecule has 1 heterocycles. The Morgan fingerprint density at radius 1 is 1.29 bits per heavy atom. The maximum Gasteiger partial charge on any atom is 0.257 e. The summed E-state index contributed by atoms with van der Waals surface area (Å²) < 4.78 is 0.709. The van der Waals surface area contributed by atoms with E-state index in [4.69, 9.17) is 23.2 Å². The molecule has 0 fully saturated rings. The highest BCUT2D eigenvalue weighted by atomic mass is 79.9. The van der Waals surface area contributed by atoms with Crippen LogP contribution in [0.5, 0.6) is 0 Å². The van der Waals surface area contributed by atoms with Gasteiger partial charge in [0.05, 0.1) is 15.6 Å². The molecule has 0 spiro atoms. The monoisotopic (exact) mass is 387 g/mol. The first-order chi connectivity index (χ1) is 10.0. The average molecular weight is 389 g/mol. The maximum atomic E-state index is 12.2. The average Bonchev–Trinajstić information content (AvgIpc) is 2.45. The van der Waals surface area contributed by atoms with Crippen LogP contribution >= 0.6 is 39.1 Å². The number of hydrogen-bond acceptors (Lipinski definition) is 3. The van der Waals surface area contributed by atoms with Gasteiger partial charge >= 0.3 is 0 Å².